The van der Waals surface area contributed by atoms with Crippen molar-refractivity contribution < 1.29 is 14.7 Å². The van der Waals surface area contributed by atoms with E-state index in [2.05, 4.69) is 38.1 Å². The second-order valence-electron chi connectivity index (χ2n) is 5.49. The maximum atomic E-state index is 12.9. The summed E-state index contributed by atoms with van der Waals surface area (Å²) in [5.74, 6) is 5.78. The number of carbonyl (C=O) groups is 2. The fourth-order valence-electron chi connectivity index (χ4n) is 2.35. The molecule has 138 valence electrons. The Morgan fingerprint density at radius 2 is 2.27 bits per heavy atom. The van der Waals surface area contributed by atoms with Gasteiger partial charge in [-0.15, -0.1) is 11.3 Å². The smallest absolute Gasteiger partial charge is 0.405 e. The van der Waals surface area contributed by atoms with E-state index in [4.69, 9.17) is 10.8 Å². The number of nitrogens with two attached hydrogens (primary N) is 1. The molecule has 0 atom stereocenters. The summed E-state index contributed by atoms with van der Waals surface area (Å²) in [5, 5.41) is 10.7. The molecule has 26 heavy (non-hydrogen) atoms. The number of rotatable bonds is 5. The Morgan fingerprint density at radius 3 is 2.96 bits per heavy atom. The normalized spacial score (nSPS) is 12.7. The number of carboxylic acid groups (broad SMARTS) is 1. The van der Waals surface area contributed by atoms with Gasteiger partial charge in [0.1, 0.15) is 5.84 Å². The monoisotopic (exact) mass is 438 g/mol. The predicted octanol–water partition coefficient (Wildman–Crippen LogP) is 2.80. The van der Waals surface area contributed by atoms with E-state index < -0.39 is 6.09 Å². The molecule has 0 bridgehead atoms. The molecule has 0 fully saturated rings. The molecule has 2 amide bonds. The molecule has 0 aromatic carbocycles. The van der Waals surface area contributed by atoms with E-state index in [0.29, 0.717) is 18.0 Å². The van der Waals surface area contributed by atoms with Crippen LogP contribution in [0.3, 0.4) is 0 Å². The molecule has 0 radical (unpaired) electrons. The molecular formula is C17H19BrN4O3S. The minimum absolute atomic E-state index is 0.0262. The van der Waals surface area contributed by atoms with Crippen LogP contribution in [0.15, 0.2) is 20.4 Å². The maximum Gasteiger partial charge on any atom is 0.405 e. The maximum absolute atomic E-state index is 12.9. The third-order valence-corrected chi connectivity index (χ3v) is 5.00. The van der Waals surface area contributed by atoms with Gasteiger partial charge in [-0.05, 0) is 34.5 Å². The molecule has 2 rings (SSSR count). The Morgan fingerprint density at radius 1 is 1.50 bits per heavy atom. The van der Waals surface area contributed by atoms with Crippen molar-refractivity contribution in [2.45, 2.75) is 19.8 Å². The third kappa shape index (κ3) is 5.61. The van der Waals surface area contributed by atoms with Gasteiger partial charge in [-0.25, -0.2) is 9.79 Å². The molecule has 9 heteroatoms. The van der Waals surface area contributed by atoms with Gasteiger partial charge in [-0.3, -0.25) is 4.79 Å². The summed E-state index contributed by atoms with van der Waals surface area (Å²) in [7, 11) is 0. The molecule has 7 nitrogen and oxygen atoms in total. The van der Waals surface area contributed by atoms with E-state index in [-0.39, 0.29) is 25.4 Å². The molecule has 1 aromatic heterocycles. The Balaban J connectivity index is 2.16. The van der Waals surface area contributed by atoms with Gasteiger partial charge in [0.2, 0.25) is 0 Å². The number of thiophene rings is 1. The van der Waals surface area contributed by atoms with Crippen molar-refractivity contribution in [1.82, 2.24) is 10.2 Å². The van der Waals surface area contributed by atoms with Crippen molar-refractivity contribution >= 4 is 56.9 Å². The van der Waals surface area contributed by atoms with Gasteiger partial charge < -0.3 is 21.1 Å². The Bertz CT molecular complexity index is 820. The number of carbonyl (C=O) groups excluding carboxylic acids is 1. The lowest BCUT2D eigenvalue weighted by molar-refractivity contribution is -0.126. The van der Waals surface area contributed by atoms with Crippen LogP contribution in [-0.4, -0.2) is 47.5 Å². The molecule has 1 aromatic rings. The Kier molecular flexibility index (Phi) is 7.24. The Labute approximate surface area is 164 Å². The van der Waals surface area contributed by atoms with Crippen molar-refractivity contribution in [1.29, 1.82) is 0 Å². The third-order valence-electron chi connectivity index (χ3n) is 3.43. The first-order valence-electron chi connectivity index (χ1n) is 7.95. The quantitative estimate of drug-likeness (QED) is 0.613. The second kappa shape index (κ2) is 9.40. The number of amides is 2. The molecule has 1 aliphatic rings. The van der Waals surface area contributed by atoms with Gasteiger partial charge in [-0.2, -0.15) is 0 Å². The highest BCUT2D eigenvalue weighted by Gasteiger charge is 2.21. The fourth-order valence-corrected chi connectivity index (χ4v) is 3.88. The molecule has 1 aliphatic heterocycles. The van der Waals surface area contributed by atoms with Crippen LogP contribution in [0, 0.1) is 11.8 Å². The summed E-state index contributed by atoms with van der Waals surface area (Å²) in [6.07, 6.45) is 1.77. The average molecular weight is 439 g/mol. The molecule has 2 heterocycles. The summed E-state index contributed by atoms with van der Waals surface area (Å²) in [6.45, 7) is 2.78. The summed E-state index contributed by atoms with van der Waals surface area (Å²) >= 11 is 4.92. The van der Waals surface area contributed by atoms with Crippen molar-refractivity contribution in [3.05, 3.63) is 20.3 Å². The van der Waals surface area contributed by atoms with E-state index in [1.165, 1.54) is 11.3 Å². The number of nitrogens with zero attached hydrogens (tertiary/aromatic N) is 2. The van der Waals surface area contributed by atoms with E-state index >= 15 is 0 Å². The predicted molar refractivity (Wildman–Crippen MR) is 107 cm³/mol. The van der Waals surface area contributed by atoms with Gasteiger partial charge in [0.15, 0.2) is 0 Å². The van der Waals surface area contributed by atoms with Crippen LogP contribution in [0.5, 0.6) is 0 Å². The molecule has 0 saturated carbocycles. The number of hydrogen-bond acceptors (Lipinski definition) is 5. The second-order valence-corrected chi connectivity index (χ2v) is 7.95. The Hall–Kier alpha value is -2.31. The number of aliphatic imine (C=N–C) groups is 1. The van der Waals surface area contributed by atoms with Crippen LogP contribution in [0.25, 0.3) is 6.08 Å². The van der Waals surface area contributed by atoms with Crippen molar-refractivity contribution in [2.75, 3.05) is 19.6 Å². The van der Waals surface area contributed by atoms with Crippen LogP contribution < -0.4 is 11.1 Å². The number of halogens is 1. The zero-order valence-electron chi connectivity index (χ0n) is 14.2. The van der Waals surface area contributed by atoms with Crippen LogP contribution in [0.1, 0.15) is 24.6 Å². The number of hydrogen-bond donors (Lipinski definition) is 3. The largest absolute Gasteiger partial charge is 0.465 e. The minimum Gasteiger partial charge on any atom is -0.465 e. The van der Waals surface area contributed by atoms with E-state index in [1.807, 2.05) is 19.1 Å². The first-order chi connectivity index (χ1) is 12.4. The summed E-state index contributed by atoms with van der Waals surface area (Å²) < 4.78 is 0.922. The van der Waals surface area contributed by atoms with E-state index in [1.54, 1.807) is 4.90 Å². The van der Waals surface area contributed by atoms with Crippen LogP contribution >= 0.6 is 27.3 Å². The first kappa shape index (κ1) is 20.0. The average Bonchev–Trinajstić information content (AvgIpc) is 2.82. The van der Waals surface area contributed by atoms with Crippen LogP contribution in [-0.2, 0) is 4.79 Å². The van der Waals surface area contributed by atoms with Crippen molar-refractivity contribution in [2.24, 2.45) is 10.7 Å². The number of nitrogens with one attached hydrogen (secondary N) is 1. The highest BCUT2D eigenvalue weighted by Crippen LogP contribution is 2.37. The summed E-state index contributed by atoms with van der Waals surface area (Å²) in [5.41, 5.74) is 7.29. The van der Waals surface area contributed by atoms with Crippen LogP contribution in [0.4, 0.5) is 10.5 Å². The van der Waals surface area contributed by atoms with Gasteiger partial charge in [0.25, 0.3) is 5.91 Å². The van der Waals surface area contributed by atoms with Crippen molar-refractivity contribution in [3.63, 3.8) is 0 Å². The zero-order valence-corrected chi connectivity index (χ0v) is 16.6. The van der Waals surface area contributed by atoms with Gasteiger partial charge in [0.05, 0.1) is 27.4 Å². The van der Waals surface area contributed by atoms with Crippen LogP contribution in [0.2, 0.25) is 0 Å². The van der Waals surface area contributed by atoms with Gasteiger partial charge in [0, 0.05) is 18.5 Å². The topological polar surface area (TPSA) is 108 Å². The highest BCUT2D eigenvalue weighted by molar-refractivity contribution is 9.11. The molecular weight excluding hydrogens is 420 g/mol. The van der Waals surface area contributed by atoms with E-state index in [9.17, 15) is 9.59 Å². The molecule has 0 saturated heterocycles. The lowest BCUT2D eigenvalue weighted by Gasteiger charge is -2.21. The molecule has 4 N–H and O–H groups in total. The molecule has 0 unspecified atom stereocenters. The van der Waals surface area contributed by atoms with Gasteiger partial charge >= 0.3 is 6.09 Å². The lowest BCUT2D eigenvalue weighted by atomic mass is 10.1. The van der Waals surface area contributed by atoms with Gasteiger partial charge in [-0.1, -0.05) is 18.8 Å². The molecule has 0 spiro atoms. The van der Waals surface area contributed by atoms with Crippen molar-refractivity contribution in [3.8, 4) is 11.8 Å². The number of fused-ring (bicyclic) bond motifs is 1. The number of amidine groups is 1. The summed E-state index contributed by atoms with van der Waals surface area (Å²) in [4.78, 5) is 30.2. The fraction of sp³-hybridized carbons (Fsp3) is 0.353. The SMILES string of the molecule is CCCN(CC#CCNC(=O)O)C(=O)C1=Cc2sc(Br)cc2N=C(N)C1. The minimum atomic E-state index is -1.13. The first-order valence-corrected chi connectivity index (χ1v) is 9.56. The standard InChI is InChI=1S/C17H19BrN4O3S/c1-2-6-22(7-4-3-5-20-17(24)25)16(23)11-8-13-12(10-14(18)26-13)21-15(19)9-11/h8,10,20H,2,5-7,9H2,1H3,(H2,19,21)(H,24,25). The lowest BCUT2D eigenvalue weighted by Crippen LogP contribution is -2.34. The molecule has 0 aliphatic carbocycles. The summed E-state index contributed by atoms with van der Waals surface area (Å²) in [6, 6.07) is 1.88. The zero-order chi connectivity index (χ0) is 19.1. The van der Waals surface area contributed by atoms with E-state index in [0.717, 1.165) is 20.8 Å². The highest BCUT2D eigenvalue weighted by atomic mass is 79.9.